The van der Waals surface area contributed by atoms with Crippen molar-refractivity contribution in [2.75, 3.05) is 13.2 Å². The molecule has 102 valence electrons. The molecule has 0 aromatic heterocycles. The van der Waals surface area contributed by atoms with E-state index < -0.39 is 6.10 Å². The Kier molecular flexibility index (Phi) is 6.76. The topological polar surface area (TPSA) is 41.5 Å². The second-order valence-corrected chi connectivity index (χ2v) is 4.64. The Morgan fingerprint density at radius 3 is 2.39 bits per heavy atom. The Morgan fingerprint density at radius 2 is 1.89 bits per heavy atom. The summed E-state index contributed by atoms with van der Waals surface area (Å²) >= 11 is 0. The van der Waals surface area contributed by atoms with Crippen molar-refractivity contribution >= 4 is 0 Å². The minimum absolute atomic E-state index is 0.338. The first kappa shape index (κ1) is 15.0. The highest BCUT2D eigenvalue weighted by molar-refractivity contribution is 5.29. The average molecular weight is 251 g/mol. The van der Waals surface area contributed by atoms with Gasteiger partial charge in [-0.1, -0.05) is 26.0 Å². The summed E-state index contributed by atoms with van der Waals surface area (Å²) in [5, 5.41) is 12.7. The van der Waals surface area contributed by atoms with Crippen LogP contribution in [-0.4, -0.2) is 24.4 Å². The molecule has 1 aromatic rings. The lowest BCUT2D eigenvalue weighted by molar-refractivity contribution is 0.122. The van der Waals surface area contributed by atoms with Crippen LogP contribution in [0.5, 0.6) is 5.75 Å². The van der Waals surface area contributed by atoms with E-state index in [-0.39, 0.29) is 0 Å². The standard InChI is InChI=1S/C15H25NO2/c1-4-10-16-15(5-2)13-6-8-14(9-7-13)18-11-12(3)17/h6-9,12,15-17H,4-5,10-11H2,1-3H3. The molecule has 0 aliphatic heterocycles. The quantitative estimate of drug-likeness (QED) is 0.746. The molecule has 2 unspecified atom stereocenters. The van der Waals surface area contributed by atoms with Gasteiger partial charge in [0.15, 0.2) is 0 Å². The molecule has 0 aliphatic carbocycles. The number of hydrogen-bond acceptors (Lipinski definition) is 3. The lowest BCUT2D eigenvalue weighted by Crippen LogP contribution is -2.21. The van der Waals surface area contributed by atoms with E-state index in [4.69, 9.17) is 9.84 Å². The maximum atomic E-state index is 9.16. The largest absolute Gasteiger partial charge is 0.491 e. The van der Waals surface area contributed by atoms with Crippen LogP contribution >= 0.6 is 0 Å². The fourth-order valence-corrected chi connectivity index (χ4v) is 1.83. The fraction of sp³-hybridized carbons (Fsp3) is 0.600. The molecule has 0 aliphatic rings. The van der Waals surface area contributed by atoms with Gasteiger partial charge in [-0.2, -0.15) is 0 Å². The monoisotopic (exact) mass is 251 g/mol. The average Bonchev–Trinajstić information content (AvgIpc) is 2.38. The van der Waals surface area contributed by atoms with Gasteiger partial charge in [0.05, 0.1) is 6.10 Å². The molecule has 1 rings (SSSR count). The van der Waals surface area contributed by atoms with Crippen LogP contribution in [0.1, 0.15) is 45.2 Å². The predicted molar refractivity (Wildman–Crippen MR) is 74.9 cm³/mol. The predicted octanol–water partition coefficient (Wildman–Crippen LogP) is 2.90. The van der Waals surface area contributed by atoms with Crippen LogP contribution < -0.4 is 10.1 Å². The van der Waals surface area contributed by atoms with E-state index in [9.17, 15) is 0 Å². The molecular weight excluding hydrogens is 226 g/mol. The Morgan fingerprint density at radius 1 is 1.22 bits per heavy atom. The fourth-order valence-electron chi connectivity index (χ4n) is 1.83. The first-order valence-electron chi connectivity index (χ1n) is 6.81. The number of aliphatic hydroxyl groups is 1. The summed E-state index contributed by atoms with van der Waals surface area (Å²) in [5.74, 6) is 0.810. The van der Waals surface area contributed by atoms with Crippen LogP contribution in [-0.2, 0) is 0 Å². The van der Waals surface area contributed by atoms with E-state index in [0.717, 1.165) is 25.1 Å². The molecule has 0 fully saturated rings. The number of aliphatic hydroxyl groups excluding tert-OH is 1. The molecule has 2 atom stereocenters. The van der Waals surface area contributed by atoms with E-state index in [1.165, 1.54) is 5.56 Å². The number of hydrogen-bond donors (Lipinski definition) is 2. The smallest absolute Gasteiger partial charge is 0.119 e. The molecule has 0 spiro atoms. The number of benzene rings is 1. The highest BCUT2D eigenvalue weighted by Gasteiger charge is 2.08. The summed E-state index contributed by atoms with van der Waals surface area (Å²) in [5.41, 5.74) is 1.29. The Balaban J connectivity index is 2.57. The van der Waals surface area contributed by atoms with E-state index in [2.05, 4.69) is 31.3 Å². The summed E-state index contributed by atoms with van der Waals surface area (Å²) in [7, 11) is 0. The third-order valence-corrected chi connectivity index (χ3v) is 2.82. The molecule has 0 bridgehead atoms. The second kappa shape index (κ2) is 8.11. The highest BCUT2D eigenvalue weighted by atomic mass is 16.5. The van der Waals surface area contributed by atoms with Crippen LogP contribution in [0.25, 0.3) is 0 Å². The summed E-state index contributed by atoms with van der Waals surface area (Å²) in [6, 6.07) is 8.53. The van der Waals surface area contributed by atoms with Gasteiger partial charge in [0, 0.05) is 6.04 Å². The van der Waals surface area contributed by atoms with Gasteiger partial charge in [0.1, 0.15) is 12.4 Å². The zero-order chi connectivity index (χ0) is 13.4. The molecule has 0 amide bonds. The zero-order valence-electron chi connectivity index (χ0n) is 11.6. The van der Waals surface area contributed by atoms with Crippen LogP contribution in [0, 0.1) is 0 Å². The van der Waals surface area contributed by atoms with Crippen LogP contribution in [0.2, 0.25) is 0 Å². The third kappa shape index (κ3) is 5.07. The van der Waals surface area contributed by atoms with Gasteiger partial charge in [-0.3, -0.25) is 0 Å². The summed E-state index contributed by atoms with van der Waals surface area (Å²) in [4.78, 5) is 0. The summed E-state index contributed by atoms with van der Waals surface area (Å²) < 4.78 is 5.45. The first-order chi connectivity index (χ1) is 8.67. The summed E-state index contributed by atoms with van der Waals surface area (Å²) in [6.45, 7) is 7.46. The van der Waals surface area contributed by atoms with Gasteiger partial charge in [-0.15, -0.1) is 0 Å². The number of rotatable bonds is 8. The molecule has 18 heavy (non-hydrogen) atoms. The molecule has 0 heterocycles. The molecule has 0 saturated carbocycles. The van der Waals surface area contributed by atoms with Crippen LogP contribution in [0.3, 0.4) is 0 Å². The van der Waals surface area contributed by atoms with E-state index in [1.54, 1.807) is 6.92 Å². The SMILES string of the molecule is CCCNC(CC)c1ccc(OCC(C)O)cc1. The van der Waals surface area contributed by atoms with Crippen molar-refractivity contribution in [2.45, 2.75) is 45.8 Å². The Labute approximate surface area is 110 Å². The Hall–Kier alpha value is -1.06. The number of nitrogens with one attached hydrogen (secondary N) is 1. The first-order valence-corrected chi connectivity index (χ1v) is 6.81. The Bertz CT molecular complexity index is 322. The van der Waals surface area contributed by atoms with Gasteiger partial charge in [-0.05, 0) is 44.0 Å². The molecule has 2 N–H and O–H groups in total. The van der Waals surface area contributed by atoms with E-state index in [0.29, 0.717) is 12.6 Å². The van der Waals surface area contributed by atoms with Crippen molar-refractivity contribution in [1.82, 2.24) is 5.32 Å². The molecule has 3 heteroatoms. The highest BCUT2D eigenvalue weighted by Crippen LogP contribution is 2.20. The van der Waals surface area contributed by atoms with Crippen molar-refractivity contribution in [3.05, 3.63) is 29.8 Å². The van der Waals surface area contributed by atoms with Gasteiger partial charge < -0.3 is 15.2 Å². The van der Waals surface area contributed by atoms with Crippen molar-refractivity contribution in [2.24, 2.45) is 0 Å². The zero-order valence-corrected chi connectivity index (χ0v) is 11.6. The van der Waals surface area contributed by atoms with Gasteiger partial charge in [-0.25, -0.2) is 0 Å². The molecule has 1 aromatic carbocycles. The van der Waals surface area contributed by atoms with Gasteiger partial charge in [0.25, 0.3) is 0 Å². The van der Waals surface area contributed by atoms with Crippen LogP contribution in [0.4, 0.5) is 0 Å². The minimum Gasteiger partial charge on any atom is -0.491 e. The van der Waals surface area contributed by atoms with E-state index >= 15 is 0 Å². The third-order valence-electron chi connectivity index (χ3n) is 2.82. The van der Waals surface area contributed by atoms with Gasteiger partial charge >= 0.3 is 0 Å². The maximum absolute atomic E-state index is 9.16. The van der Waals surface area contributed by atoms with Gasteiger partial charge in [0.2, 0.25) is 0 Å². The molecule has 0 saturated heterocycles. The maximum Gasteiger partial charge on any atom is 0.119 e. The molecular formula is C15H25NO2. The summed E-state index contributed by atoms with van der Waals surface area (Å²) in [6.07, 6.45) is 1.79. The second-order valence-electron chi connectivity index (χ2n) is 4.64. The van der Waals surface area contributed by atoms with Crippen LogP contribution in [0.15, 0.2) is 24.3 Å². The lowest BCUT2D eigenvalue weighted by atomic mass is 10.0. The van der Waals surface area contributed by atoms with Crippen molar-refractivity contribution < 1.29 is 9.84 Å². The minimum atomic E-state index is -0.431. The number of ether oxygens (including phenoxy) is 1. The van der Waals surface area contributed by atoms with E-state index in [1.807, 2.05) is 12.1 Å². The molecule has 0 radical (unpaired) electrons. The molecule has 3 nitrogen and oxygen atoms in total. The van der Waals surface area contributed by atoms with Crippen molar-refractivity contribution in [3.8, 4) is 5.75 Å². The normalized spacial score (nSPS) is 14.2. The van der Waals surface area contributed by atoms with Crippen molar-refractivity contribution in [3.63, 3.8) is 0 Å². The van der Waals surface area contributed by atoms with Crippen molar-refractivity contribution in [1.29, 1.82) is 0 Å². The lowest BCUT2D eigenvalue weighted by Gasteiger charge is -2.17.